The van der Waals surface area contributed by atoms with E-state index >= 15 is 0 Å². The molecule has 0 fully saturated rings. The van der Waals surface area contributed by atoms with Crippen molar-refractivity contribution in [3.63, 3.8) is 0 Å². The summed E-state index contributed by atoms with van der Waals surface area (Å²) in [5.41, 5.74) is 10.2. The maximum absolute atomic E-state index is 12.9. The SMILES string of the molecule is Cc1c(C2c3ccccc3C(=O)N2CC(N)=O)c2ccccc2n1C. The first-order chi connectivity index (χ1) is 12.0. The fourth-order valence-corrected chi connectivity index (χ4v) is 3.91. The molecule has 2 heterocycles. The van der Waals surface area contributed by atoms with Crippen LogP contribution in [0.2, 0.25) is 0 Å². The number of para-hydroxylation sites is 1. The number of primary amides is 1. The highest BCUT2D eigenvalue weighted by Gasteiger charge is 2.40. The number of benzene rings is 2. The average Bonchev–Trinajstić information content (AvgIpc) is 3.01. The molecule has 1 aromatic heterocycles. The zero-order chi connectivity index (χ0) is 17.7. The summed E-state index contributed by atoms with van der Waals surface area (Å²) in [6, 6.07) is 15.4. The first-order valence-electron chi connectivity index (χ1n) is 8.22. The lowest BCUT2D eigenvalue weighted by Crippen LogP contribution is -2.37. The first-order valence-corrected chi connectivity index (χ1v) is 8.22. The Morgan fingerprint density at radius 3 is 2.56 bits per heavy atom. The van der Waals surface area contributed by atoms with Gasteiger partial charge in [-0.1, -0.05) is 36.4 Å². The van der Waals surface area contributed by atoms with Crippen molar-refractivity contribution in [3.8, 4) is 0 Å². The van der Waals surface area contributed by atoms with E-state index < -0.39 is 5.91 Å². The molecule has 0 bridgehead atoms. The van der Waals surface area contributed by atoms with Crippen molar-refractivity contribution in [2.75, 3.05) is 6.54 Å². The molecule has 0 radical (unpaired) electrons. The van der Waals surface area contributed by atoms with Gasteiger partial charge in [-0.05, 0) is 24.6 Å². The lowest BCUT2D eigenvalue weighted by molar-refractivity contribution is -0.118. The summed E-state index contributed by atoms with van der Waals surface area (Å²) < 4.78 is 2.12. The lowest BCUT2D eigenvalue weighted by atomic mass is 9.95. The van der Waals surface area contributed by atoms with Gasteiger partial charge in [-0.25, -0.2) is 0 Å². The van der Waals surface area contributed by atoms with E-state index in [4.69, 9.17) is 5.73 Å². The third-order valence-electron chi connectivity index (χ3n) is 5.11. The fraction of sp³-hybridized carbons (Fsp3) is 0.200. The van der Waals surface area contributed by atoms with Crippen LogP contribution in [-0.4, -0.2) is 27.8 Å². The average molecular weight is 333 g/mol. The topological polar surface area (TPSA) is 68.3 Å². The van der Waals surface area contributed by atoms with E-state index in [0.717, 1.165) is 27.7 Å². The smallest absolute Gasteiger partial charge is 0.255 e. The Hall–Kier alpha value is -3.08. The van der Waals surface area contributed by atoms with Crippen LogP contribution in [0.25, 0.3) is 10.9 Å². The number of carbonyl (C=O) groups excluding carboxylic acids is 2. The maximum Gasteiger partial charge on any atom is 0.255 e. The molecule has 1 aliphatic heterocycles. The Kier molecular flexibility index (Phi) is 3.39. The van der Waals surface area contributed by atoms with Crippen LogP contribution in [0.1, 0.15) is 33.2 Å². The van der Waals surface area contributed by atoms with Gasteiger partial charge in [0, 0.05) is 34.8 Å². The number of hydrogen-bond donors (Lipinski definition) is 1. The maximum atomic E-state index is 12.9. The number of nitrogens with zero attached hydrogens (tertiary/aromatic N) is 2. The molecule has 2 aromatic carbocycles. The molecule has 1 aliphatic rings. The molecule has 0 aliphatic carbocycles. The van der Waals surface area contributed by atoms with Crippen molar-refractivity contribution < 1.29 is 9.59 Å². The summed E-state index contributed by atoms with van der Waals surface area (Å²) in [5, 5.41) is 1.09. The number of nitrogens with two attached hydrogens (primary N) is 1. The summed E-state index contributed by atoms with van der Waals surface area (Å²) in [6.07, 6.45) is 0. The van der Waals surface area contributed by atoms with E-state index in [2.05, 4.69) is 16.7 Å². The Labute approximate surface area is 145 Å². The van der Waals surface area contributed by atoms with Crippen molar-refractivity contribution in [3.05, 3.63) is 70.9 Å². The Morgan fingerprint density at radius 2 is 1.80 bits per heavy atom. The van der Waals surface area contributed by atoms with Crippen LogP contribution in [-0.2, 0) is 11.8 Å². The van der Waals surface area contributed by atoms with Crippen LogP contribution in [0.5, 0.6) is 0 Å². The molecule has 25 heavy (non-hydrogen) atoms. The minimum Gasteiger partial charge on any atom is -0.368 e. The molecule has 0 spiro atoms. The fourth-order valence-electron chi connectivity index (χ4n) is 3.91. The Bertz CT molecular complexity index is 1020. The van der Waals surface area contributed by atoms with Crippen molar-refractivity contribution in [1.82, 2.24) is 9.47 Å². The van der Waals surface area contributed by atoms with Gasteiger partial charge in [-0.3, -0.25) is 9.59 Å². The molecule has 1 atom stereocenters. The Balaban J connectivity index is 2.01. The molecule has 3 aromatic rings. The highest BCUT2D eigenvalue weighted by Crippen LogP contribution is 2.43. The van der Waals surface area contributed by atoms with Gasteiger partial charge in [-0.15, -0.1) is 0 Å². The molecular weight excluding hydrogens is 314 g/mol. The third-order valence-corrected chi connectivity index (χ3v) is 5.11. The number of amides is 2. The van der Waals surface area contributed by atoms with Crippen molar-refractivity contribution >= 4 is 22.7 Å². The number of rotatable bonds is 3. The quantitative estimate of drug-likeness (QED) is 0.800. The number of aryl methyl sites for hydroxylation is 1. The molecular formula is C20H19N3O2. The lowest BCUT2D eigenvalue weighted by Gasteiger charge is -2.25. The predicted octanol–water partition coefficient (Wildman–Crippen LogP) is 2.52. The monoisotopic (exact) mass is 333 g/mol. The van der Waals surface area contributed by atoms with Crippen LogP contribution in [0.4, 0.5) is 0 Å². The Morgan fingerprint density at radius 1 is 1.12 bits per heavy atom. The van der Waals surface area contributed by atoms with Gasteiger partial charge >= 0.3 is 0 Å². The van der Waals surface area contributed by atoms with Gasteiger partial charge in [0.25, 0.3) is 5.91 Å². The normalized spacial score (nSPS) is 16.5. The van der Waals surface area contributed by atoms with Gasteiger partial charge in [0.05, 0.1) is 6.04 Å². The minimum atomic E-state index is -0.510. The van der Waals surface area contributed by atoms with Crippen molar-refractivity contribution in [1.29, 1.82) is 0 Å². The van der Waals surface area contributed by atoms with Crippen LogP contribution >= 0.6 is 0 Å². The number of fused-ring (bicyclic) bond motifs is 2. The van der Waals surface area contributed by atoms with Crippen molar-refractivity contribution in [2.45, 2.75) is 13.0 Å². The molecule has 5 nitrogen and oxygen atoms in total. The summed E-state index contributed by atoms with van der Waals surface area (Å²) in [7, 11) is 2.02. The summed E-state index contributed by atoms with van der Waals surface area (Å²) >= 11 is 0. The zero-order valence-electron chi connectivity index (χ0n) is 14.2. The highest BCUT2D eigenvalue weighted by atomic mass is 16.2. The van der Waals surface area contributed by atoms with Crippen LogP contribution in [0, 0.1) is 6.92 Å². The molecule has 5 heteroatoms. The van der Waals surface area contributed by atoms with Crippen molar-refractivity contribution in [2.24, 2.45) is 12.8 Å². The number of carbonyl (C=O) groups is 2. The molecule has 0 saturated carbocycles. The molecule has 4 rings (SSSR count). The van der Waals surface area contributed by atoms with Crippen LogP contribution in [0.3, 0.4) is 0 Å². The van der Waals surface area contributed by atoms with Gasteiger partial charge in [0.1, 0.15) is 6.54 Å². The molecule has 2 amide bonds. The standard InChI is InChI=1S/C20H19N3O2/c1-12-18(15-9-5-6-10-16(15)22(12)2)19-13-7-3-4-8-14(13)20(25)23(19)11-17(21)24/h3-10,19H,11H2,1-2H3,(H2,21,24). The number of aromatic nitrogens is 1. The summed E-state index contributed by atoms with van der Waals surface area (Å²) in [5.74, 6) is -0.657. The molecule has 0 saturated heterocycles. The van der Waals surface area contributed by atoms with Crippen LogP contribution in [0.15, 0.2) is 48.5 Å². The van der Waals surface area contributed by atoms with E-state index in [9.17, 15) is 9.59 Å². The second-order valence-electron chi connectivity index (χ2n) is 6.46. The minimum absolute atomic E-state index is 0.0964. The molecule has 2 N–H and O–H groups in total. The van der Waals surface area contributed by atoms with Gasteiger partial charge < -0.3 is 15.2 Å². The second kappa shape index (κ2) is 5.48. The summed E-state index contributed by atoms with van der Waals surface area (Å²) in [6.45, 7) is 1.95. The van der Waals surface area contributed by atoms with Gasteiger partial charge in [0.2, 0.25) is 5.91 Å². The zero-order valence-corrected chi connectivity index (χ0v) is 14.2. The third kappa shape index (κ3) is 2.16. The van der Waals surface area contributed by atoms with E-state index in [0.29, 0.717) is 5.56 Å². The predicted molar refractivity (Wildman–Crippen MR) is 96.2 cm³/mol. The van der Waals surface area contributed by atoms with Gasteiger partial charge in [0.15, 0.2) is 0 Å². The van der Waals surface area contributed by atoms with E-state index in [1.165, 1.54) is 0 Å². The first kappa shape index (κ1) is 15.4. The second-order valence-corrected chi connectivity index (χ2v) is 6.46. The number of hydrogen-bond acceptors (Lipinski definition) is 2. The van der Waals surface area contributed by atoms with Crippen LogP contribution < -0.4 is 5.73 Å². The van der Waals surface area contributed by atoms with E-state index in [1.807, 2.05) is 50.4 Å². The molecule has 1 unspecified atom stereocenters. The summed E-state index contributed by atoms with van der Waals surface area (Å²) in [4.78, 5) is 26.1. The largest absolute Gasteiger partial charge is 0.368 e. The van der Waals surface area contributed by atoms with Gasteiger partial charge in [-0.2, -0.15) is 0 Å². The highest BCUT2D eigenvalue weighted by molar-refractivity contribution is 6.02. The van der Waals surface area contributed by atoms with E-state index in [-0.39, 0.29) is 18.5 Å². The molecule has 126 valence electrons. The van der Waals surface area contributed by atoms with E-state index in [1.54, 1.807) is 4.90 Å².